The summed E-state index contributed by atoms with van der Waals surface area (Å²) in [6.45, 7) is 1.49. The second-order valence-electron chi connectivity index (χ2n) is 8.73. The van der Waals surface area contributed by atoms with Crippen LogP contribution < -0.4 is 4.74 Å². The van der Waals surface area contributed by atoms with Crippen molar-refractivity contribution < 1.29 is 17.9 Å². The van der Waals surface area contributed by atoms with Crippen LogP contribution in [0.5, 0.6) is 5.75 Å². The van der Waals surface area contributed by atoms with E-state index < -0.39 is 10.0 Å². The van der Waals surface area contributed by atoms with E-state index in [0.29, 0.717) is 18.7 Å². The number of hydrogen-bond acceptors (Lipinski definition) is 4. The molecule has 4 rings (SSSR count). The van der Waals surface area contributed by atoms with Gasteiger partial charge in [-0.25, -0.2) is 8.42 Å². The van der Waals surface area contributed by atoms with E-state index >= 15 is 0 Å². The Labute approximate surface area is 191 Å². The fraction of sp³-hybridized carbons (Fsp3) is 0.480. The Bertz CT molecular complexity index is 1010. The molecule has 2 aromatic carbocycles. The van der Waals surface area contributed by atoms with Crippen molar-refractivity contribution in [2.45, 2.75) is 49.5 Å². The molecule has 0 N–H and O–H groups in total. The summed E-state index contributed by atoms with van der Waals surface area (Å²) in [5, 5.41) is 0. The first kappa shape index (κ1) is 22.8. The summed E-state index contributed by atoms with van der Waals surface area (Å²) in [7, 11) is -2.08. The molecule has 7 heteroatoms. The molecule has 0 aromatic heterocycles. The van der Waals surface area contributed by atoms with Crippen LogP contribution >= 0.6 is 0 Å². The summed E-state index contributed by atoms with van der Waals surface area (Å²) in [5.41, 5.74) is 1.29. The number of carbonyl (C=O) groups excluding carboxylic acids is 1. The van der Waals surface area contributed by atoms with Gasteiger partial charge < -0.3 is 9.64 Å². The Balaban J connectivity index is 1.41. The van der Waals surface area contributed by atoms with Gasteiger partial charge >= 0.3 is 0 Å². The average molecular weight is 457 g/mol. The van der Waals surface area contributed by atoms with Crippen LogP contribution in [-0.2, 0) is 21.2 Å². The van der Waals surface area contributed by atoms with Crippen molar-refractivity contribution in [1.82, 2.24) is 9.21 Å². The highest BCUT2D eigenvalue weighted by molar-refractivity contribution is 7.89. The first-order valence-electron chi connectivity index (χ1n) is 11.5. The van der Waals surface area contributed by atoms with Crippen molar-refractivity contribution in [1.29, 1.82) is 0 Å². The lowest BCUT2D eigenvalue weighted by Gasteiger charge is -2.35. The van der Waals surface area contributed by atoms with Crippen LogP contribution in [0.4, 0.5) is 0 Å². The molecule has 2 aromatic rings. The van der Waals surface area contributed by atoms with Crippen LogP contribution in [0.25, 0.3) is 0 Å². The molecule has 2 atom stereocenters. The van der Waals surface area contributed by atoms with E-state index in [9.17, 15) is 13.2 Å². The van der Waals surface area contributed by atoms with Crippen molar-refractivity contribution in [3.8, 4) is 5.75 Å². The van der Waals surface area contributed by atoms with Gasteiger partial charge in [0.05, 0.1) is 17.9 Å². The Morgan fingerprint density at radius 2 is 1.72 bits per heavy atom. The van der Waals surface area contributed by atoms with E-state index in [1.54, 1.807) is 31.4 Å². The number of methoxy groups -OCH3 is 1. The van der Waals surface area contributed by atoms with Crippen molar-refractivity contribution in [2.24, 2.45) is 5.92 Å². The van der Waals surface area contributed by atoms with Crippen LogP contribution in [0.3, 0.4) is 0 Å². The predicted molar refractivity (Wildman–Crippen MR) is 124 cm³/mol. The number of likely N-dealkylation sites (tertiary alicyclic amines) is 1. The van der Waals surface area contributed by atoms with E-state index in [4.69, 9.17) is 4.74 Å². The fourth-order valence-corrected chi connectivity index (χ4v) is 6.42. The lowest BCUT2D eigenvalue weighted by atomic mass is 9.97. The second-order valence-corrected chi connectivity index (χ2v) is 10.7. The molecule has 2 aliphatic rings. The highest BCUT2D eigenvalue weighted by atomic mass is 32.2. The Morgan fingerprint density at radius 3 is 2.44 bits per heavy atom. The number of aryl methyl sites for hydroxylation is 1. The third kappa shape index (κ3) is 4.99. The molecule has 2 aliphatic heterocycles. The van der Waals surface area contributed by atoms with Gasteiger partial charge in [-0.05, 0) is 68.4 Å². The molecule has 0 spiro atoms. The van der Waals surface area contributed by atoms with Crippen LogP contribution in [-0.4, -0.2) is 56.3 Å². The number of amides is 1. The van der Waals surface area contributed by atoms with E-state index in [1.165, 1.54) is 9.87 Å². The van der Waals surface area contributed by atoms with Crippen molar-refractivity contribution in [3.05, 3.63) is 60.2 Å². The number of carbonyl (C=O) groups is 1. The maximum atomic E-state index is 13.4. The van der Waals surface area contributed by atoms with E-state index in [-0.39, 0.29) is 29.3 Å². The molecular weight excluding hydrogens is 424 g/mol. The van der Waals surface area contributed by atoms with Gasteiger partial charge in [0.15, 0.2) is 0 Å². The average Bonchev–Trinajstić information content (AvgIpc) is 3.31. The van der Waals surface area contributed by atoms with Gasteiger partial charge in [0.25, 0.3) is 0 Å². The summed E-state index contributed by atoms with van der Waals surface area (Å²) in [6.07, 6.45) is 5.41. The first-order valence-corrected chi connectivity index (χ1v) is 12.9. The third-order valence-corrected chi connectivity index (χ3v) is 8.58. The molecule has 1 amide bonds. The highest BCUT2D eigenvalue weighted by Crippen LogP contribution is 2.29. The normalized spacial score (nSPS) is 22.1. The summed E-state index contributed by atoms with van der Waals surface area (Å²) in [4.78, 5) is 15.7. The standard InChI is InChI=1S/C25H32N2O4S/c1-31-23-13-15-24(16-14-23)32(29,30)26-17-5-9-21(19-26)25(28)27-18-6-10-22(27)12-11-20-7-3-2-4-8-20/h2-4,7-8,13-16,21-22H,5-6,9-12,17-19H2,1H3. The number of benzene rings is 2. The van der Waals surface area contributed by atoms with Gasteiger partial charge in [0, 0.05) is 25.7 Å². The Kier molecular flexibility index (Phi) is 7.16. The topological polar surface area (TPSA) is 66.9 Å². The zero-order valence-corrected chi connectivity index (χ0v) is 19.5. The molecule has 2 saturated heterocycles. The van der Waals surface area contributed by atoms with Crippen molar-refractivity contribution >= 4 is 15.9 Å². The second kappa shape index (κ2) is 10.0. The monoisotopic (exact) mass is 456 g/mol. The number of sulfonamides is 1. The Morgan fingerprint density at radius 1 is 1.00 bits per heavy atom. The molecule has 0 saturated carbocycles. The minimum Gasteiger partial charge on any atom is -0.497 e. The molecular formula is C25H32N2O4S. The number of hydrogen-bond donors (Lipinski definition) is 0. The van der Waals surface area contributed by atoms with Crippen LogP contribution in [0.1, 0.15) is 37.7 Å². The molecule has 6 nitrogen and oxygen atoms in total. The molecule has 0 aliphatic carbocycles. The summed E-state index contributed by atoms with van der Waals surface area (Å²) >= 11 is 0. The van der Waals surface area contributed by atoms with Gasteiger partial charge in [-0.1, -0.05) is 30.3 Å². The molecule has 172 valence electrons. The van der Waals surface area contributed by atoms with E-state index in [0.717, 1.165) is 38.6 Å². The number of nitrogens with zero attached hydrogens (tertiary/aromatic N) is 2. The molecule has 0 radical (unpaired) electrons. The smallest absolute Gasteiger partial charge is 0.243 e. The number of ether oxygens (including phenoxy) is 1. The minimum absolute atomic E-state index is 0.121. The van der Waals surface area contributed by atoms with E-state index in [1.807, 2.05) is 23.1 Å². The van der Waals surface area contributed by atoms with Gasteiger partial charge in [-0.15, -0.1) is 0 Å². The number of piperidine rings is 1. The summed E-state index contributed by atoms with van der Waals surface area (Å²) in [5.74, 6) is 0.468. The first-order chi connectivity index (χ1) is 15.5. The lowest BCUT2D eigenvalue weighted by Crippen LogP contribution is -2.48. The van der Waals surface area contributed by atoms with Crippen LogP contribution in [0, 0.1) is 5.92 Å². The van der Waals surface area contributed by atoms with Crippen molar-refractivity contribution in [3.63, 3.8) is 0 Å². The summed E-state index contributed by atoms with van der Waals surface area (Å²) < 4.78 is 32.9. The quantitative estimate of drug-likeness (QED) is 0.637. The lowest BCUT2D eigenvalue weighted by molar-refractivity contribution is -0.137. The van der Waals surface area contributed by atoms with Gasteiger partial charge in [-0.2, -0.15) is 4.31 Å². The predicted octanol–water partition coefficient (Wildman–Crippen LogP) is 3.72. The van der Waals surface area contributed by atoms with E-state index in [2.05, 4.69) is 12.1 Å². The SMILES string of the molecule is COc1ccc(S(=O)(=O)N2CCCC(C(=O)N3CCCC3CCc3ccccc3)C2)cc1. The van der Waals surface area contributed by atoms with Crippen molar-refractivity contribution in [2.75, 3.05) is 26.7 Å². The third-order valence-electron chi connectivity index (χ3n) is 6.70. The largest absolute Gasteiger partial charge is 0.497 e. The van der Waals surface area contributed by atoms with Gasteiger partial charge in [-0.3, -0.25) is 4.79 Å². The van der Waals surface area contributed by atoms with Gasteiger partial charge in [0.1, 0.15) is 5.75 Å². The van der Waals surface area contributed by atoms with Gasteiger partial charge in [0.2, 0.25) is 15.9 Å². The number of rotatable bonds is 7. The molecule has 2 fully saturated rings. The minimum atomic E-state index is -3.63. The highest BCUT2D eigenvalue weighted by Gasteiger charge is 2.38. The van der Waals surface area contributed by atoms with Crippen LogP contribution in [0.15, 0.2) is 59.5 Å². The molecule has 2 heterocycles. The molecule has 32 heavy (non-hydrogen) atoms. The molecule has 0 bridgehead atoms. The zero-order valence-electron chi connectivity index (χ0n) is 18.7. The fourth-order valence-electron chi connectivity index (χ4n) is 4.90. The van der Waals surface area contributed by atoms with Crippen LogP contribution in [0.2, 0.25) is 0 Å². The maximum Gasteiger partial charge on any atom is 0.243 e. The Hall–Kier alpha value is -2.38. The molecule has 2 unspecified atom stereocenters. The zero-order chi connectivity index (χ0) is 22.6. The summed E-state index contributed by atoms with van der Waals surface area (Å²) in [6, 6.07) is 17.1. The maximum absolute atomic E-state index is 13.4.